The lowest BCUT2D eigenvalue weighted by Crippen LogP contribution is -2.51. The molecule has 2 unspecified atom stereocenters. The number of methoxy groups -OCH3 is 1. The number of amides is 2. The number of aromatic nitrogens is 1. The van der Waals surface area contributed by atoms with Gasteiger partial charge in [0.15, 0.2) is 0 Å². The lowest BCUT2D eigenvalue weighted by molar-refractivity contribution is -0.139. The first kappa shape index (κ1) is 29.0. The van der Waals surface area contributed by atoms with Gasteiger partial charge in [0, 0.05) is 66.7 Å². The highest BCUT2D eigenvalue weighted by Gasteiger charge is 2.64. The van der Waals surface area contributed by atoms with Gasteiger partial charge in [-0.15, -0.1) is 0 Å². The molecule has 2 aliphatic carbocycles. The highest BCUT2D eigenvalue weighted by Crippen LogP contribution is 2.66. The minimum Gasteiger partial charge on any atom is -0.497 e. The number of hydrogen-bond acceptors (Lipinski definition) is 6. The van der Waals surface area contributed by atoms with Crippen LogP contribution in [-0.4, -0.2) is 83.9 Å². The average molecular weight is 613 g/mol. The molecule has 4 fully saturated rings. The third-order valence-corrected chi connectivity index (χ3v) is 11.6. The van der Waals surface area contributed by atoms with E-state index in [0.29, 0.717) is 24.1 Å². The molecule has 2 N–H and O–H groups in total. The molecule has 4 heterocycles. The minimum atomic E-state index is -0.538. The molecule has 9 nitrogen and oxygen atoms in total. The van der Waals surface area contributed by atoms with Crippen LogP contribution in [0.25, 0.3) is 22.2 Å². The summed E-state index contributed by atoms with van der Waals surface area (Å²) < 4.78 is 13.7. The van der Waals surface area contributed by atoms with Crippen LogP contribution in [0.15, 0.2) is 36.4 Å². The van der Waals surface area contributed by atoms with Crippen LogP contribution in [0.5, 0.6) is 5.75 Å². The maximum Gasteiger partial charge on any atom is 0.274 e. The highest BCUT2D eigenvalue weighted by molar-refractivity contribution is 6.01. The molecule has 0 bridgehead atoms. The number of fused-ring (bicyclic) bond motifs is 7. The van der Waals surface area contributed by atoms with Crippen molar-refractivity contribution < 1.29 is 24.3 Å². The van der Waals surface area contributed by atoms with Crippen LogP contribution in [0.4, 0.5) is 0 Å². The number of nitrogens with zero attached hydrogens (tertiary/aromatic N) is 3. The molecule has 8 rings (SSSR count). The van der Waals surface area contributed by atoms with Gasteiger partial charge in [-0.1, -0.05) is 25.3 Å². The van der Waals surface area contributed by atoms with Crippen LogP contribution in [-0.2, 0) is 16.1 Å². The zero-order valence-corrected chi connectivity index (χ0v) is 26.2. The summed E-state index contributed by atoms with van der Waals surface area (Å²) in [5.74, 6) is 1.10. The van der Waals surface area contributed by atoms with Crippen LogP contribution in [0.1, 0.15) is 84.7 Å². The van der Waals surface area contributed by atoms with Crippen molar-refractivity contribution in [3.8, 4) is 17.0 Å². The fraction of sp³-hybridized carbons (Fsp3) is 0.556. The summed E-state index contributed by atoms with van der Waals surface area (Å²) in [5, 5.41) is 10.6. The molecular formula is C36H44N4O5. The van der Waals surface area contributed by atoms with Crippen molar-refractivity contribution in [2.45, 2.75) is 75.8 Å². The van der Waals surface area contributed by atoms with Crippen molar-refractivity contribution in [2.75, 3.05) is 46.5 Å². The van der Waals surface area contributed by atoms with Crippen LogP contribution in [0, 0.1) is 5.41 Å². The van der Waals surface area contributed by atoms with Crippen molar-refractivity contribution in [1.29, 1.82) is 0 Å². The van der Waals surface area contributed by atoms with Crippen molar-refractivity contribution in [2.24, 2.45) is 5.41 Å². The number of carbonyl (C=O) groups excluding carboxylic acids is 2. The van der Waals surface area contributed by atoms with Crippen LogP contribution < -0.4 is 10.2 Å². The van der Waals surface area contributed by atoms with E-state index in [1.165, 1.54) is 41.6 Å². The van der Waals surface area contributed by atoms with Gasteiger partial charge in [0.2, 0.25) is 5.91 Å². The Morgan fingerprint density at radius 1 is 0.978 bits per heavy atom. The van der Waals surface area contributed by atoms with Gasteiger partial charge in [0.05, 0.1) is 31.4 Å². The molecule has 0 spiro atoms. The summed E-state index contributed by atoms with van der Waals surface area (Å²) in [6.07, 6.45) is 8.78. The van der Waals surface area contributed by atoms with E-state index in [9.17, 15) is 14.8 Å². The first-order chi connectivity index (χ1) is 22.0. The van der Waals surface area contributed by atoms with Gasteiger partial charge in [-0.2, -0.15) is 0 Å². The lowest BCUT2D eigenvalue weighted by Gasteiger charge is -2.41. The van der Waals surface area contributed by atoms with E-state index < -0.39 is 11.3 Å². The molecule has 45 heavy (non-hydrogen) atoms. The topological polar surface area (TPSA) is 96.3 Å². The fourth-order valence-electron chi connectivity index (χ4n) is 9.18. The van der Waals surface area contributed by atoms with E-state index in [0.717, 1.165) is 88.1 Å². The van der Waals surface area contributed by atoms with Crippen LogP contribution in [0.2, 0.25) is 0 Å². The molecule has 0 radical (unpaired) electrons. The lowest BCUT2D eigenvalue weighted by atomic mass is 9.81. The quantitative estimate of drug-likeness (QED) is 0.300. The van der Waals surface area contributed by atoms with E-state index >= 15 is 0 Å². The first-order valence-electron chi connectivity index (χ1n) is 16.9. The van der Waals surface area contributed by atoms with E-state index in [1.54, 1.807) is 7.11 Å². The van der Waals surface area contributed by atoms with E-state index in [2.05, 4.69) is 32.6 Å². The van der Waals surface area contributed by atoms with Gasteiger partial charge >= 0.3 is 0 Å². The Hall–Kier alpha value is -3.40. The summed E-state index contributed by atoms with van der Waals surface area (Å²) in [6.45, 7) is 5.70. The maximum atomic E-state index is 14.7. The summed E-state index contributed by atoms with van der Waals surface area (Å²) in [5.41, 5.74) is 7.60. The monoisotopic (exact) mass is 612 g/mol. The fourth-order valence-corrected chi connectivity index (χ4v) is 9.18. The molecule has 3 aromatic rings. The highest BCUT2D eigenvalue weighted by atomic mass is 16.5. The summed E-state index contributed by atoms with van der Waals surface area (Å²) in [4.78, 5) is 32.0. The Morgan fingerprint density at radius 3 is 2.49 bits per heavy atom. The molecule has 3 aliphatic heterocycles. The zero-order valence-electron chi connectivity index (χ0n) is 26.2. The number of piperidine rings is 1. The Labute approximate surface area is 264 Å². The van der Waals surface area contributed by atoms with E-state index in [4.69, 9.17) is 9.47 Å². The SMILES string of the molecule is COc1ccc2c(c1)C1CC1(C(=O)N1CCC(N3CCOCC3)CC1)Cn1c-2c(C2CCCCC2)c2ccc(C(=O)NO)cc21. The number of nitrogens with one attached hydrogen (secondary N) is 1. The number of carbonyl (C=O) groups is 2. The molecule has 238 valence electrons. The Balaban J connectivity index is 1.23. The normalized spacial score (nSPS) is 25.6. The zero-order chi connectivity index (χ0) is 30.7. The van der Waals surface area contributed by atoms with Gasteiger partial charge in [-0.05, 0) is 79.5 Å². The van der Waals surface area contributed by atoms with Crippen molar-refractivity contribution in [3.63, 3.8) is 0 Å². The van der Waals surface area contributed by atoms with Gasteiger partial charge in [0.25, 0.3) is 5.91 Å². The second-order valence-electron chi connectivity index (χ2n) is 13.9. The Kier molecular flexibility index (Phi) is 7.38. The second-order valence-corrected chi connectivity index (χ2v) is 13.9. The number of likely N-dealkylation sites (tertiary alicyclic amines) is 1. The van der Waals surface area contributed by atoms with Crippen molar-refractivity contribution in [3.05, 3.63) is 53.1 Å². The van der Waals surface area contributed by atoms with Crippen molar-refractivity contribution >= 4 is 22.7 Å². The predicted octanol–water partition coefficient (Wildman–Crippen LogP) is 5.29. The number of morpholine rings is 1. The minimum absolute atomic E-state index is 0.116. The predicted molar refractivity (Wildman–Crippen MR) is 171 cm³/mol. The smallest absolute Gasteiger partial charge is 0.274 e. The Morgan fingerprint density at radius 2 is 1.76 bits per heavy atom. The molecule has 2 saturated carbocycles. The maximum absolute atomic E-state index is 14.7. The van der Waals surface area contributed by atoms with E-state index in [1.807, 2.05) is 23.7 Å². The number of benzene rings is 2. The number of rotatable bonds is 5. The Bertz CT molecular complexity index is 1630. The number of hydroxylamine groups is 1. The summed E-state index contributed by atoms with van der Waals surface area (Å²) in [7, 11) is 1.71. The van der Waals surface area contributed by atoms with Crippen molar-refractivity contribution in [1.82, 2.24) is 19.8 Å². The standard InChI is InChI=1S/C36H44N4O5/c1-44-26-8-10-27-29(20-26)30-21-36(30,35(42)39-13-11-25(12-14-39)38-15-17-45-18-16-38)22-40-31-19-24(34(41)37-43)7-9-28(31)32(33(27)40)23-5-3-2-4-6-23/h7-10,19-20,23,25,30,43H,2-6,11-18,21-22H2,1H3,(H,37,41). The third-order valence-electron chi connectivity index (χ3n) is 11.6. The molecule has 9 heteroatoms. The molecule has 5 aliphatic rings. The molecule has 2 saturated heterocycles. The third kappa shape index (κ3) is 4.77. The van der Waals surface area contributed by atoms with Gasteiger partial charge in [0.1, 0.15) is 5.75 Å². The molecular weight excluding hydrogens is 568 g/mol. The van der Waals surface area contributed by atoms with Gasteiger partial charge in [-0.25, -0.2) is 5.48 Å². The van der Waals surface area contributed by atoms with Crippen LogP contribution >= 0.6 is 0 Å². The van der Waals surface area contributed by atoms with Gasteiger partial charge in [-0.3, -0.25) is 19.7 Å². The molecule has 1 aromatic heterocycles. The second kappa shape index (κ2) is 11.4. The van der Waals surface area contributed by atoms with Crippen LogP contribution in [0.3, 0.4) is 0 Å². The summed E-state index contributed by atoms with van der Waals surface area (Å²) in [6, 6.07) is 12.7. The molecule has 2 amide bonds. The number of ether oxygens (including phenoxy) is 2. The largest absolute Gasteiger partial charge is 0.497 e. The van der Waals surface area contributed by atoms with E-state index in [-0.39, 0.29) is 11.8 Å². The molecule has 2 aromatic carbocycles. The molecule has 2 atom stereocenters. The average Bonchev–Trinajstić information content (AvgIpc) is 3.78. The summed E-state index contributed by atoms with van der Waals surface area (Å²) >= 11 is 0. The van der Waals surface area contributed by atoms with Gasteiger partial charge < -0.3 is 18.9 Å². The first-order valence-corrected chi connectivity index (χ1v) is 16.9. The number of hydrogen-bond donors (Lipinski definition) is 2.